The molecule has 1 radical (unpaired) electrons. The second-order valence-corrected chi connectivity index (χ2v) is 3.39. The fourth-order valence-corrected chi connectivity index (χ4v) is 1.39. The van der Waals surface area contributed by atoms with Gasteiger partial charge in [-0.05, 0) is 32.1 Å². The summed E-state index contributed by atoms with van der Waals surface area (Å²) in [5.74, 6) is 0. The van der Waals surface area contributed by atoms with Crippen LogP contribution in [0.4, 0.5) is 0 Å². The first-order valence-corrected chi connectivity index (χ1v) is 5.30. The van der Waals surface area contributed by atoms with Gasteiger partial charge in [-0.3, -0.25) is 0 Å². The van der Waals surface area contributed by atoms with Crippen molar-refractivity contribution in [1.29, 1.82) is 0 Å². The normalized spacial score (nSPS) is 27.7. The Labute approximate surface area is 82.0 Å². The fraction of sp³-hybridized carbons (Fsp3) is 0.462. The van der Waals surface area contributed by atoms with Gasteiger partial charge in [-0.15, -0.1) is 0 Å². The molecule has 0 aromatic rings. The fourth-order valence-electron chi connectivity index (χ4n) is 1.39. The van der Waals surface area contributed by atoms with Crippen LogP contribution in [0.5, 0.6) is 0 Å². The number of rotatable bonds is 0. The minimum absolute atomic E-state index is 1.07. The lowest BCUT2D eigenvalue weighted by Gasteiger charge is -1.94. The van der Waals surface area contributed by atoms with Gasteiger partial charge in [-0.2, -0.15) is 0 Å². The third-order valence-corrected chi connectivity index (χ3v) is 2.17. The monoisotopic (exact) mass is 175 g/mol. The van der Waals surface area contributed by atoms with Gasteiger partial charge < -0.3 is 0 Å². The van der Waals surface area contributed by atoms with Crippen LogP contribution in [0.2, 0.25) is 0 Å². The highest BCUT2D eigenvalue weighted by atomic mass is 13.9. The molecule has 0 saturated heterocycles. The predicted octanol–water partition coefficient (Wildman–Crippen LogP) is 4.21. The van der Waals surface area contributed by atoms with Gasteiger partial charge in [0.25, 0.3) is 0 Å². The topological polar surface area (TPSA) is 0 Å². The molecule has 0 unspecified atom stereocenters. The van der Waals surface area contributed by atoms with Crippen LogP contribution in [0.25, 0.3) is 0 Å². The van der Waals surface area contributed by atoms with E-state index in [1.807, 2.05) is 0 Å². The second-order valence-electron chi connectivity index (χ2n) is 3.39. The van der Waals surface area contributed by atoms with E-state index in [4.69, 9.17) is 0 Å². The molecule has 0 heteroatoms. The van der Waals surface area contributed by atoms with Crippen molar-refractivity contribution in [2.24, 2.45) is 0 Å². The van der Waals surface area contributed by atoms with Gasteiger partial charge in [0, 0.05) is 6.42 Å². The summed E-state index contributed by atoms with van der Waals surface area (Å²) in [7, 11) is 0. The van der Waals surface area contributed by atoms with Gasteiger partial charge in [0.2, 0.25) is 0 Å². The molecule has 1 rings (SSSR count). The lowest BCUT2D eigenvalue weighted by molar-refractivity contribution is 0.695. The van der Waals surface area contributed by atoms with Crippen molar-refractivity contribution in [2.75, 3.05) is 0 Å². The van der Waals surface area contributed by atoms with Crippen LogP contribution < -0.4 is 0 Å². The Morgan fingerprint density at radius 1 is 0.615 bits per heavy atom. The van der Waals surface area contributed by atoms with Gasteiger partial charge in [0.15, 0.2) is 0 Å². The van der Waals surface area contributed by atoms with E-state index in [9.17, 15) is 0 Å². The molecule has 0 saturated carbocycles. The van der Waals surface area contributed by atoms with E-state index in [2.05, 4.69) is 42.9 Å². The summed E-state index contributed by atoms with van der Waals surface area (Å²) in [6.07, 6.45) is 23.0. The van der Waals surface area contributed by atoms with Gasteiger partial charge in [-0.25, -0.2) is 0 Å². The summed E-state index contributed by atoms with van der Waals surface area (Å²) in [6.45, 7) is 0. The highest BCUT2D eigenvalue weighted by Crippen LogP contribution is 2.05. The molecule has 0 aromatic heterocycles. The molecule has 0 aromatic carbocycles. The molecule has 0 bridgehead atoms. The zero-order valence-electron chi connectivity index (χ0n) is 8.28. The van der Waals surface area contributed by atoms with Crippen molar-refractivity contribution in [3.8, 4) is 0 Å². The first kappa shape index (κ1) is 10.3. The standard InChI is InChI=1S/C13H19/c1-2-4-6-8-10-12-13-11-9-7-5-3-1/h1-5,8,10H,6-7,9,11-13H2/b4-2+,5-3+,10-8+. The third kappa shape index (κ3) is 6.39. The van der Waals surface area contributed by atoms with Gasteiger partial charge in [-0.1, -0.05) is 42.9 Å². The molecule has 0 atom stereocenters. The molecule has 13 heavy (non-hydrogen) atoms. The zero-order chi connectivity index (χ0) is 9.19. The number of hydrogen-bond acceptors (Lipinski definition) is 0. The average Bonchev–Trinajstić information content (AvgIpc) is 2.18. The summed E-state index contributed by atoms with van der Waals surface area (Å²) in [4.78, 5) is 0. The van der Waals surface area contributed by atoms with Gasteiger partial charge in [0.05, 0.1) is 0 Å². The van der Waals surface area contributed by atoms with Crippen LogP contribution in [0.1, 0.15) is 38.5 Å². The number of allylic oxidation sites excluding steroid dienone is 6. The minimum atomic E-state index is 1.07. The Kier molecular flexibility index (Phi) is 6.22. The first-order chi connectivity index (χ1) is 6.50. The second kappa shape index (κ2) is 7.85. The van der Waals surface area contributed by atoms with Crippen molar-refractivity contribution in [3.05, 3.63) is 42.9 Å². The van der Waals surface area contributed by atoms with Crippen molar-refractivity contribution >= 4 is 0 Å². The maximum absolute atomic E-state index is 2.30. The Morgan fingerprint density at radius 3 is 2.31 bits per heavy atom. The van der Waals surface area contributed by atoms with Crippen LogP contribution in [0.15, 0.2) is 36.5 Å². The number of hydrogen-bond donors (Lipinski definition) is 0. The molecular weight excluding hydrogens is 156 g/mol. The van der Waals surface area contributed by atoms with Crippen molar-refractivity contribution < 1.29 is 0 Å². The lowest BCUT2D eigenvalue weighted by atomic mass is 10.1. The predicted molar refractivity (Wildman–Crippen MR) is 59.4 cm³/mol. The van der Waals surface area contributed by atoms with Crippen LogP contribution in [0, 0.1) is 6.42 Å². The summed E-state index contributed by atoms with van der Waals surface area (Å²) >= 11 is 0. The molecule has 0 amide bonds. The van der Waals surface area contributed by atoms with Gasteiger partial charge >= 0.3 is 0 Å². The highest BCUT2D eigenvalue weighted by Gasteiger charge is 1.86. The summed E-state index contributed by atoms with van der Waals surface area (Å²) < 4.78 is 0. The van der Waals surface area contributed by atoms with Crippen LogP contribution in [0.3, 0.4) is 0 Å². The molecule has 71 valence electrons. The van der Waals surface area contributed by atoms with E-state index in [0.717, 1.165) is 6.42 Å². The van der Waals surface area contributed by atoms with E-state index in [1.165, 1.54) is 32.1 Å². The molecule has 0 aliphatic heterocycles. The van der Waals surface area contributed by atoms with Crippen LogP contribution in [-0.2, 0) is 0 Å². The molecule has 0 spiro atoms. The van der Waals surface area contributed by atoms with Crippen molar-refractivity contribution in [3.63, 3.8) is 0 Å². The van der Waals surface area contributed by atoms with E-state index < -0.39 is 0 Å². The maximum Gasteiger partial charge on any atom is 0.00442 e. The SMILES string of the molecule is [CH]1/C=C/C/C=C/CCCCC/C=C/1. The van der Waals surface area contributed by atoms with Crippen LogP contribution >= 0.6 is 0 Å². The van der Waals surface area contributed by atoms with Crippen molar-refractivity contribution in [1.82, 2.24) is 0 Å². The summed E-state index contributed by atoms with van der Waals surface area (Å²) in [6, 6.07) is 0. The van der Waals surface area contributed by atoms with E-state index in [-0.39, 0.29) is 0 Å². The Balaban J connectivity index is 2.28. The molecule has 1 aliphatic rings. The third-order valence-electron chi connectivity index (χ3n) is 2.17. The minimum Gasteiger partial charge on any atom is -0.0882 e. The molecule has 0 nitrogen and oxygen atoms in total. The van der Waals surface area contributed by atoms with Crippen LogP contribution in [-0.4, -0.2) is 0 Å². The maximum atomic E-state index is 2.30. The smallest absolute Gasteiger partial charge is 0.00442 e. The highest BCUT2D eigenvalue weighted by molar-refractivity contribution is 5.09. The summed E-state index contributed by atoms with van der Waals surface area (Å²) in [5.41, 5.74) is 0. The first-order valence-electron chi connectivity index (χ1n) is 5.30. The molecule has 0 fully saturated rings. The quantitative estimate of drug-likeness (QED) is 0.484. The Hall–Kier alpha value is -0.780. The largest absolute Gasteiger partial charge is 0.0882 e. The molecule has 0 heterocycles. The van der Waals surface area contributed by atoms with E-state index >= 15 is 0 Å². The molecule has 0 N–H and O–H groups in total. The van der Waals surface area contributed by atoms with Gasteiger partial charge in [0.1, 0.15) is 0 Å². The molecule has 1 aliphatic carbocycles. The Morgan fingerprint density at radius 2 is 1.38 bits per heavy atom. The molecular formula is C13H19. The van der Waals surface area contributed by atoms with Crippen molar-refractivity contribution in [2.45, 2.75) is 38.5 Å². The summed E-state index contributed by atoms with van der Waals surface area (Å²) in [5, 5.41) is 0. The Bertz CT molecular complexity index is 164. The zero-order valence-corrected chi connectivity index (χ0v) is 8.28. The van der Waals surface area contributed by atoms with E-state index in [0.29, 0.717) is 0 Å². The average molecular weight is 175 g/mol. The van der Waals surface area contributed by atoms with E-state index in [1.54, 1.807) is 0 Å². The lowest BCUT2D eigenvalue weighted by Crippen LogP contribution is -1.74.